The molecule has 0 spiro atoms. The van der Waals surface area contributed by atoms with Crippen LogP contribution in [0.1, 0.15) is 21.5 Å². The number of hydrogen-bond donors (Lipinski definition) is 1. The second kappa shape index (κ2) is 5.85. The number of rotatable bonds is 3. The molecule has 2 rings (SSSR count). The van der Waals surface area contributed by atoms with E-state index in [2.05, 4.69) is 15.9 Å². The number of carbonyl (C=O) groups excluding carboxylic acids is 1. The summed E-state index contributed by atoms with van der Waals surface area (Å²) in [6.45, 7) is 3.95. The lowest BCUT2D eigenvalue weighted by molar-refractivity contribution is 0.0998. The number of nitrogens with two attached hydrogens (primary N) is 1. The lowest BCUT2D eigenvalue weighted by Crippen LogP contribution is -2.12. The van der Waals surface area contributed by atoms with Gasteiger partial charge in [0.25, 0.3) is 5.91 Å². The number of benzene rings is 2. The van der Waals surface area contributed by atoms with Gasteiger partial charge in [-0.15, -0.1) is 0 Å². The van der Waals surface area contributed by atoms with E-state index in [9.17, 15) is 4.79 Å². The second-order valence-electron chi connectivity index (χ2n) is 4.48. The smallest absolute Gasteiger partial charge is 0.252 e. The fourth-order valence-corrected chi connectivity index (χ4v) is 2.28. The molecular weight excluding hydrogens is 342 g/mol. The van der Waals surface area contributed by atoms with Gasteiger partial charge in [-0.25, -0.2) is 0 Å². The van der Waals surface area contributed by atoms with Gasteiger partial charge in [0.15, 0.2) is 0 Å². The zero-order valence-corrected chi connectivity index (χ0v) is 13.4. The Morgan fingerprint density at radius 3 is 2.35 bits per heavy atom. The first kappa shape index (κ1) is 14.9. The average molecular weight is 355 g/mol. The molecule has 104 valence electrons. The summed E-state index contributed by atoms with van der Waals surface area (Å²) in [4.78, 5) is 11.4. The van der Waals surface area contributed by atoms with Crippen molar-refractivity contribution in [1.82, 2.24) is 0 Å². The van der Waals surface area contributed by atoms with Crippen LogP contribution in [-0.4, -0.2) is 5.91 Å². The number of amides is 1. The third kappa shape index (κ3) is 3.14. The highest BCUT2D eigenvalue weighted by Gasteiger charge is 2.12. The van der Waals surface area contributed by atoms with Crippen molar-refractivity contribution in [2.24, 2.45) is 5.73 Å². The minimum atomic E-state index is -0.576. The van der Waals surface area contributed by atoms with Crippen molar-refractivity contribution in [2.45, 2.75) is 13.8 Å². The van der Waals surface area contributed by atoms with Crippen LogP contribution in [0, 0.1) is 13.8 Å². The molecule has 0 aliphatic heterocycles. The largest absolute Gasteiger partial charge is 0.457 e. The number of primary amides is 1. The SMILES string of the molecule is Cc1cc(Oc2ccc(Cl)cc2C(N)=O)cc(C)c1Br. The van der Waals surface area contributed by atoms with E-state index in [1.165, 1.54) is 6.07 Å². The van der Waals surface area contributed by atoms with E-state index in [0.29, 0.717) is 16.5 Å². The number of hydrogen-bond acceptors (Lipinski definition) is 2. The van der Waals surface area contributed by atoms with Gasteiger partial charge >= 0.3 is 0 Å². The Bertz CT molecular complexity index is 663. The molecule has 0 aliphatic carbocycles. The summed E-state index contributed by atoms with van der Waals surface area (Å²) in [7, 11) is 0. The Morgan fingerprint density at radius 2 is 1.80 bits per heavy atom. The molecule has 0 unspecified atom stereocenters. The second-order valence-corrected chi connectivity index (χ2v) is 5.71. The topological polar surface area (TPSA) is 52.3 Å². The average Bonchev–Trinajstić information content (AvgIpc) is 2.37. The van der Waals surface area contributed by atoms with E-state index < -0.39 is 5.91 Å². The zero-order valence-electron chi connectivity index (χ0n) is 11.0. The molecule has 0 fully saturated rings. The number of ether oxygens (including phenoxy) is 1. The summed E-state index contributed by atoms with van der Waals surface area (Å²) in [5, 5.41) is 0.439. The summed E-state index contributed by atoms with van der Waals surface area (Å²) < 4.78 is 6.80. The molecule has 1 amide bonds. The van der Waals surface area contributed by atoms with Crippen LogP contribution in [0.15, 0.2) is 34.8 Å². The molecule has 2 aromatic rings. The molecule has 20 heavy (non-hydrogen) atoms. The number of carbonyl (C=O) groups is 1. The van der Waals surface area contributed by atoms with Gasteiger partial charge < -0.3 is 10.5 Å². The van der Waals surface area contributed by atoms with Crippen LogP contribution >= 0.6 is 27.5 Å². The lowest BCUT2D eigenvalue weighted by atomic mass is 10.1. The maximum Gasteiger partial charge on any atom is 0.252 e. The van der Waals surface area contributed by atoms with Crippen LogP contribution in [0.2, 0.25) is 5.02 Å². The molecule has 5 heteroatoms. The third-order valence-corrected chi connectivity index (χ3v) is 4.33. The highest BCUT2D eigenvalue weighted by Crippen LogP contribution is 2.31. The standard InChI is InChI=1S/C15H13BrClNO2/c1-8-5-11(6-9(2)14(8)16)20-13-4-3-10(17)7-12(13)15(18)19/h3-7H,1-2H3,(H2,18,19). The van der Waals surface area contributed by atoms with Crippen molar-refractivity contribution in [3.05, 3.63) is 56.5 Å². The molecule has 0 atom stereocenters. The Morgan fingerprint density at radius 1 is 1.20 bits per heavy atom. The highest BCUT2D eigenvalue weighted by atomic mass is 79.9. The molecule has 2 N–H and O–H groups in total. The van der Waals surface area contributed by atoms with Gasteiger partial charge in [0.05, 0.1) is 5.56 Å². The molecule has 0 saturated heterocycles. The van der Waals surface area contributed by atoms with Gasteiger partial charge in [0.2, 0.25) is 0 Å². The fraction of sp³-hybridized carbons (Fsp3) is 0.133. The fourth-order valence-electron chi connectivity index (χ4n) is 1.88. The van der Waals surface area contributed by atoms with Crippen LogP contribution in [0.25, 0.3) is 0 Å². The van der Waals surface area contributed by atoms with Gasteiger partial charge in [-0.3, -0.25) is 4.79 Å². The summed E-state index contributed by atoms with van der Waals surface area (Å²) >= 11 is 9.36. The van der Waals surface area contributed by atoms with Crippen molar-refractivity contribution in [1.29, 1.82) is 0 Å². The predicted octanol–water partition coefficient (Wildman–Crippen LogP) is 4.61. The van der Waals surface area contributed by atoms with Crippen LogP contribution in [0.4, 0.5) is 0 Å². The third-order valence-electron chi connectivity index (χ3n) is 2.84. The van der Waals surface area contributed by atoms with Crippen molar-refractivity contribution in [2.75, 3.05) is 0 Å². The molecule has 0 aliphatic rings. The summed E-state index contributed by atoms with van der Waals surface area (Å²) in [5.74, 6) is 0.462. The van der Waals surface area contributed by atoms with Crippen molar-refractivity contribution >= 4 is 33.4 Å². The zero-order chi connectivity index (χ0) is 14.9. The van der Waals surface area contributed by atoms with Crippen molar-refractivity contribution in [3.8, 4) is 11.5 Å². The van der Waals surface area contributed by atoms with E-state index in [0.717, 1.165) is 15.6 Å². The molecule has 2 aromatic carbocycles. The van der Waals surface area contributed by atoms with Crippen LogP contribution in [0.3, 0.4) is 0 Å². The van der Waals surface area contributed by atoms with E-state index in [1.54, 1.807) is 12.1 Å². The first-order valence-corrected chi connectivity index (χ1v) is 7.09. The summed E-state index contributed by atoms with van der Waals surface area (Å²) in [6, 6.07) is 8.56. The molecule has 0 saturated carbocycles. The molecule has 0 aromatic heterocycles. The van der Waals surface area contributed by atoms with Gasteiger partial charge in [-0.05, 0) is 55.3 Å². The Hall–Kier alpha value is -1.52. The Kier molecular flexibility index (Phi) is 4.35. The van der Waals surface area contributed by atoms with Crippen molar-refractivity contribution < 1.29 is 9.53 Å². The van der Waals surface area contributed by atoms with Crippen LogP contribution in [-0.2, 0) is 0 Å². The molecule has 0 heterocycles. The molecule has 3 nitrogen and oxygen atoms in total. The lowest BCUT2D eigenvalue weighted by Gasteiger charge is -2.12. The quantitative estimate of drug-likeness (QED) is 0.875. The van der Waals surface area contributed by atoms with E-state index in [4.69, 9.17) is 22.1 Å². The number of aryl methyl sites for hydroxylation is 2. The summed E-state index contributed by atoms with van der Waals surface area (Å²) in [5.41, 5.74) is 7.70. The number of halogens is 2. The van der Waals surface area contributed by atoms with Crippen LogP contribution < -0.4 is 10.5 Å². The highest BCUT2D eigenvalue weighted by molar-refractivity contribution is 9.10. The molecule has 0 radical (unpaired) electrons. The normalized spacial score (nSPS) is 10.4. The van der Waals surface area contributed by atoms with Gasteiger partial charge in [-0.2, -0.15) is 0 Å². The monoisotopic (exact) mass is 353 g/mol. The minimum Gasteiger partial charge on any atom is -0.457 e. The van der Waals surface area contributed by atoms with Gasteiger partial charge in [-0.1, -0.05) is 27.5 Å². The van der Waals surface area contributed by atoms with Crippen LogP contribution in [0.5, 0.6) is 11.5 Å². The minimum absolute atomic E-state index is 0.260. The van der Waals surface area contributed by atoms with E-state index in [-0.39, 0.29) is 5.56 Å². The predicted molar refractivity (Wildman–Crippen MR) is 83.7 cm³/mol. The Balaban J connectivity index is 2.42. The first-order valence-electron chi connectivity index (χ1n) is 5.92. The molecule has 0 bridgehead atoms. The van der Waals surface area contributed by atoms with E-state index >= 15 is 0 Å². The Labute approximate surface area is 130 Å². The first-order chi connectivity index (χ1) is 9.38. The van der Waals surface area contributed by atoms with Gasteiger partial charge in [0.1, 0.15) is 11.5 Å². The van der Waals surface area contributed by atoms with Crippen molar-refractivity contribution in [3.63, 3.8) is 0 Å². The maximum atomic E-state index is 11.4. The van der Waals surface area contributed by atoms with E-state index in [1.807, 2.05) is 26.0 Å². The maximum absolute atomic E-state index is 11.4. The molecular formula is C15H13BrClNO2. The van der Waals surface area contributed by atoms with Gasteiger partial charge in [0, 0.05) is 9.50 Å². The summed E-state index contributed by atoms with van der Waals surface area (Å²) in [6.07, 6.45) is 0.